The zero-order chi connectivity index (χ0) is 8.43. The van der Waals surface area contributed by atoms with E-state index in [2.05, 4.69) is 22.5 Å². The Morgan fingerprint density at radius 3 is 2.73 bits per heavy atom. The minimum Gasteiger partial charge on any atom is -0.0984 e. The van der Waals surface area contributed by atoms with Gasteiger partial charge in [-0.1, -0.05) is 40.2 Å². The molecule has 1 aromatic carbocycles. The molecule has 58 valence electrons. The van der Waals surface area contributed by atoms with Crippen molar-refractivity contribution in [2.24, 2.45) is 0 Å². The molecule has 0 aliphatic heterocycles. The summed E-state index contributed by atoms with van der Waals surface area (Å²) in [5.41, 5.74) is 2.15. The van der Waals surface area contributed by atoms with Crippen molar-refractivity contribution in [3.63, 3.8) is 0 Å². The van der Waals surface area contributed by atoms with E-state index in [-0.39, 0.29) is 0 Å². The van der Waals surface area contributed by atoms with Crippen molar-refractivity contribution in [1.29, 1.82) is 0 Å². The first-order chi connectivity index (χ1) is 5.15. The van der Waals surface area contributed by atoms with Gasteiger partial charge in [0.1, 0.15) is 0 Å². The first kappa shape index (κ1) is 8.82. The summed E-state index contributed by atoms with van der Waals surface area (Å²) < 4.78 is 0.989. The molecule has 0 atom stereocenters. The molecule has 0 saturated heterocycles. The zero-order valence-electron chi connectivity index (χ0n) is 6.20. The Hall–Kier alpha value is -0.270. The van der Waals surface area contributed by atoms with Crippen molar-refractivity contribution in [2.75, 3.05) is 0 Å². The van der Waals surface area contributed by atoms with E-state index in [9.17, 15) is 0 Å². The number of halogens is 2. The van der Waals surface area contributed by atoms with E-state index in [4.69, 9.17) is 11.6 Å². The highest BCUT2D eigenvalue weighted by molar-refractivity contribution is 9.10. The van der Waals surface area contributed by atoms with Crippen LogP contribution in [-0.4, -0.2) is 0 Å². The molecule has 0 bridgehead atoms. The van der Waals surface area contributed by atoms with Crippen LogP contribution < -0.4 is 0 Å². The number of aryl methyl sites for hydroxylation is 1. The summed E-state index contributed by atoms with van der Waals surface area (Å²) in [7, 11) is 0. The van der Waals surface area contributed by atoms with Gasteiger partial charge in [-0.3, -0.25) is 0 Å². The smallest absolute Gasteiger partial charge is 0.0446 e. The van der Waals surface area contributed by atoms with Crippen LogP contribution in [0.25, 0.3) is 6.08 Å². The second-order valence-corrected chi connectivity index (χ2v) is 3.59. The summed E-state index contributed by atoms with van der Waals surface area (Å²) in [5.74, 6) is 0. The number of hydrogen-bond donors (Lipinski definition) is 0. The lowest BCUT2D eigenvalue weighted by Gasteiger charge is -2.02. The Bertz CT molecular complexity index is 292. The average Bonchev–Trinajstić information content (AvgIpc) is 1.97. The third-order valence-electron chi connectivity index (χ3n) is 1.50. The Balaban J connectivity index is 3.31. The minimum atomic E-state index is 0.780. The normalized spacial score (nSPS) is 9.73. The predicted octanol–water partition coefficient (Wildman–Crippen LogP) is 4.05. The molecule has 0 amide bonds. The van der Waals surface area contributed by atoms with Crippen LogP contribution in [0.3, 0.4) is 0 Å². The molecule has 0 aliphatic rings. The largest absolute Gasteiger partial charge is 0.0984 e. The molecule has 11 heavy (non-hydrogen) atoms. The second kappa shape index (κ2) is 3.42. The highest BCUT2D eigenvalue weighted by Gasteiger charge is 1.99. The summed E-state index contributed by atoms with van der Waals surface area (Å²) >= 11 is 9.26. The van der Waals surface area contributed by atoms with Crippen LogP contribution in [0.15, 0.2) is 23.2 Å². The lowest BCUT2D eigenvalue weighted by atomic mass is 10.1. The number of rotatable bonds is 1. The Kier molecular flexibility index (Phi) is 2.74. The topological polar surface area (TPSA) is 0 Å². The van der Waals surface area contributed by atoms with Crippen LogP contribution in [0.4, 0.5) is 0 Å². The Morgan fingerprint density at radius 1 is 1.55 bits per heavy atom. The molecule has 0 nitrogen and oxygen atoms in total. The van der Waals surface area contributed by atoms with Gasteiger partial charge in [-0.25, -0.2) is 0 Å². The van der Waals surface area contributed by atoms with Gasteiger partial charge in [-0.05, 0) is 30.2 Å². The van der Waals surface area contributed by atoms with Crippen molar-refractivity contribution in [3.05, 3.63) is 39.3 Å². The lowest BCUT2D eigenvalue weighted by molar-refractivity contribution is 1.44. The van der Waals surface area contributed by atoms with Crippen LogP contribution in [0.2, 0.25) is 5.02 Å². The standard InChI is InChI=1S/C9H8BrCl/c1-3-7-4-6(2)9(11)5-8(7)10/h3-5H,1H2,2H3. The SMILES string of the molecule is C=Cc1cc(C)c(Cl)cc1Br. The lowest BCUT2D eigenvalue weighted by Crippen LogP contribution is -1.79. The summed E-state index contributed by atoms with van der Waals surface area (Å²) in [5, 5.41) is 0.780. The minimum absolute atomic E-state index is 0.780. The highest BCUT2D eigenvalue weighted by atomic mass is 79.9. The summed E-state index contributed by atoms with van der Waals surface area (Å²) in [4.78, 5) is 0. The summed E-state index contributed by atoms with van der Waals surface area (Å²) in [6.45, 7) is 5.66. The number of hydrogen-bond acceptors (Lipinski definition) is 0. The van der Waals surface area contributed by atoms with Gasteiger partial charge in [0.25, 0.3) is 0 Å². The molecule has 0 saturated carbocycles. The fourth-order valence-electron chi connectivity index (χ4n) is 0.836. The van der Waals surface area contributed by atoms with Crippen molar-refractivity contribution in [3.8, 4) is 0 Å². The first-order valence-corrected chi connectivity index (χ1v) is 4.40. The molecular weight excluding hydrogens is 223 g/mol. The van der Waals surface area contributed by atoms with Gasteiger partial charge in [-0.2, -0.15) is 0 Å². The molecule has 0 aromatic heterocycles. The van der Waals surface area contributed by atoms with Gasteiger partial charge in [0.15, 0.2) is 0 Å². The second-order valence-electron chi connectivity index (χ2n) is 2.33. The Labute approximate surface area is 80.0 Å². The van der Waals surface area contributed by atoms with Crippen LogP contribution >= 0.6 is 27.5 Å². The van der Waals surface area contributed by atoms with Crippen molar-refractivity contribution in [1.82, 2.24) is 0 Å². The van der Waals surface area contributed by atoms with E-state index in [1.54, 1.807) is 6.08 Å². The van der Waals surface area contributed by atoms with Crippen molar-refractivity contribution >= 4 is 33.6 Å². The fourth-order valence-corrected chi connectivity index (χ4v) is 1.64. The highest BCUT2D eigenvalue weighted by Crippen LogP contribution is 2.25. The van der Waals surface area contributed by atoms with Gasteiger partial charge in [0.2, 0.25) is 0 Å². The average molecular weight is 232 g/mol. The summed E-state index contributed by atoms with van der Waals surface area (Å²) in [6.07, 6.45) is 1.80. The quantitative estimate of drug-likeness (QED) is 0.684. The molecule has 0 aliphatic carbocycles. The van der Waals surface area contributed by atoms with Crippen molar-refractivity contribution in [2.45, 2.75) is 6.92 Å². The van der Waals surface area contributed by atoms with E-state index in [0.29, 0.717) is 0 Å². The van der Waals surface area contributed by atoms with Crippen LogP contribution in [0, 0.1) is 6.92 Å². The maximum absolute atomic E-state index is 5.88. The van der Waals surface area contributed by atoms with Crippen LogP contribution in [-0.2, 0) is 0 Å². The first-order valence-electron chi connectivity index (χ1n) is 3.23. The molecule has 0 N–H and O–H groups in total. The van der Waals surface area contributed by atoms with Crippen LogP contribution in [0.5, 0.6) is 0 Å². The van der Waals surface area contributed by atoms with Crippen LogP contribution in [0.1, 0.15) is 11.1 Å². The molecule has 0 spiro atoms. The van der Waals surface area contributed by atoms with E-state index in [0.717, 1.165) is 20.6 Å². The molecule has 1 aromatic rings. The van der Waals surface area contributed by atoms with Gasteiger partial charge in [0, 0.05) is 9.50 Å². The molecule has 0 unspecified atom stereocenters. The van der Waals surface area contributed by atoms with Crippen molar-refractivity contribution < 1.29 is 0 Å². The third-order valence-corrected chi connectivity index (χ3v) is 2.59. The van der Waals surface area contributed by atoms with Gasteiger partial charge >= 0.3 is 0 Å². The van der Waals surface area contributed by atoms with E-state index >= 15 is 0 Å². The van der Waals surface area contributed by atoms with E-state index in [1.165, 1.54) is 0 Å². The molecule has 1 rings (SSSR count). The monoisotopic (exact) mass is 230 g/mol. The fraction of sp³-hybridized carbons (Fsp3) is 0.111. The predicted molar refractivity (Wildman–Crippen MR) is 54.0 cm³/mol. The van der Waals surface area contributed by atoms with E-state index in [1.807, 2.05) is 19.1 Å². The molecular formula is C9H8BrCl. The van der Waals surface area contributed by atoms with Gasteiger partial charge in [0.05, 0.1) is 0 Å². The zero-order valence-corrected chi connectivity index (χ0v) is 8.54. The molecule has 2 heteroatoms. The third kappa shape index (κ3) is 1.85. The maximum atomic E-state index is 5.88. The molecule has 0 heterocycles. The summed E-state index contributed by atoms with van der Waals surface area (Å²) in [6, 6.07) is 3.88. The molecule has 0 fully saturated rings. The van der Waals surface area contributed by atoms with Gasteiger partial charge < -0.3 is 0 Å². The molecule has 0 radical (unpaired) electrons. The number of benzene rings is 1. The van der Waals surface area contributed by atoms with E-state index < -0.39 is 0 Å². The van der Waals surface area contributed by atoms with Gasteiger partial charge in [-0.15, -0.1) is 0 Å². The maximum Gasteiger partial charge on any atom is 0.0446 e. The Morgan fingerprint density at radius 2 is 2.18 bits per heavy atom.